The second-order valence-electron chi connectivity index (χ2n) is 6.98. The average Bonchev–Trinajstić information content (AvgIpc) is 2.96. The molecular formula is C15H26N2O5S. The van der Waals surface area contributed by atoms with Crippen LogP contribution in [-0.4, -0.2) is 81.9 Å². The molecule has 0 aromatic heterocycles. The minimum Gasteiger partial charge on any atom is -0.379 e. The van der Waals surface area contributed by atoms with Crippen LogP contribution in [0.15, 0.2) is 0 Å². The maximum absolute atomic E-state index is 12.4. The number of hydrogen-bond donors (Lipinski definition) is 0. The van der Waals surface area contributed by atoms with Crippen molar-refractivity contribution in [2.45, 2.75) is 31.8 Å². The Morgan fingerprint density at radius 2 is 1.91 bits per heavy atom. The number of amides is 1. The van der Waals surface area contributed by atoms with E-state index in [0.717, 1.165) is 25.7 Å². The second kappa shape index (κ2) is 6.66. The average molecular weight is 346 g/mol. The van der Waals surface area contributed by atoms with E-state index in [2.05, 4.69) is 0 Å². The normalized spacial score (nSPS) is 29.6. The Kier molecular flexibility index (Phi) is 4.96. The molecule has 3 heterocycles. The molecule has 0 saturated carbocycles. The first kappa shape index (κ1) is 17.1. The van der Waals surface area contributed by atoms with E-state index in [-0.39, 0.29) is 17.4 Å². The first-order chi connectivity index (χ1) is 10.9. The van der Waals surface area contributed by atoms with Crippen molar-refractivity contribution in [1.29, 1.82) is 0 Å². The molecule has 3 aliphatic heterocycles. The highest BCUT2D eigenvalue weighted by molar-refractivity contribution is 7.88. The Bertz CT molecular complexity index is 536. The van der Waals surface area contributed by atoms with Gasteiger partial charge in [0, 0.05) is 38.2 Å². The molecular weight excluding hydrogens is 320 g/mol. The smallest absolute Gasteiger partial charge is 0.251 e. The number of ether oxygens (including phenoxy) is 2. The van der Waals surface area contributed by atoms with Gasteiger partial charge in [-0.3, -0.25) is 4.79 Å². The SMILES string of the molecule is CS(=O)(=O)N1CCOCC2(CCN(C(=O)C3CCCO3)CC2)C1. The Balaban J connectivity index is 1.63. The number of likely N-dealkylation sites (tertiary alicyclic amines) is 1. The predicted molar refractivity (Wildman–Crippen MR) is 84.5 cm³/mol. The van der Waals surface area contributed by atoms with E-state index < -0.39 is 10.0 Å². The van der Waals surface area contributed by atoms with E-state index in [4.69, 9.17) is 9.47 Å². The minimum absolute atomic E-state index is 0.0897. The van der Waals surface area contributed by atoms with E-state index in [1.165, 1.54) is 10.6 Å². The highest BCUT2D eigenvalue weighted by Crippen LogP contribution is 2.35. The summed E-state index contributed by atoms with van der Waals surface area (Å²) in [6, 6.07) is 0. The molecule has 23 heavy (non-hydrogen) atoms. The van der Waals surface area contributed by atoms with Gasteiger partial charge in [-0.15, -0.1) is 0 Å². The number of hydrogen-bond acceptors (Lipinski definition) is 5. The van der Waals surface area contributed by atoms with Crippen molar-refractivity contribution >= 4 is 15.9 Å². The first-order valence-corrected chi connectivity index (χ1v) is 10.2. The van der Waals surface area contributed by atoms with Crippen LogP contribution in [0.1, 0.15) is 25.7 Å². The van der Waals surface area contributed by atoms with Crippen molar-refractivity contribution in [3.63, 3.8) is 0 Å². The maximum atomic E-state index is 12.4. The van der Waals surface area contributed by atoms with Crippen molar-refractivity contribution in [3.8, 4) is 0 Å². The van der Waals surface area contributed by atoms with Crippen molar-refractivity contribution in [3.05, 3.63) is 0 Å². The molecule has 3 saturated heterocycles. The van der Waals surface area contributed by atoms with E-state index >= 15 is 0 Å². The number of nitrogens with zero attached hydrogens (tertiary/aromatic N) is 2. The van der Waals surface area contributed by atoms with Crippen molar-refractivity contribution < 1.29 is 22.7 Å². The monoisotopic (exact) mass is 346 g/mol. The lowest BCUT2D eigenvalue weighted by Crippen LogP contribution is -2.51. The summed E-state index contributed by atoms with van der Waals surface area (Å²) >= 11 is 0. The molecule has 0 N–H and O–H groups in total. The van der Waals surface area contributed by atoms with Gasteiger partial charge < -0.3 is 14.4 Å². The van der Waals surface area contributed by atoms with Crippen LogP contribution >= 0.6 is 0 Å². The Labute approximate surface area is 138 Å². The van der Waals surface area contributed by atoms with Crippen LogP contribution < -0.4 is 0 Å². The van der Waals surface area contributed by atoms with Gasteiger partial charge in [-0.2, -0.15) is 4.31 Å². The number of rotatable bonds is 2. The molecule has 7 nitrogen and oxygen atoms in total. The molecule has 1 atom stereocenters. The molecule has 3 fully saturated rings. The fourth-order valence-electron chi connectivity index (χ4n) is 3.72. The molecule has 0 bridgehead atoms. The van der Waals surface area contributed by atoms with Crippen molar-refractivity contribution in [1.82, 2.24) is 9.21 Å². The molecule has 1 amide bonds. The molecule has 3 aliphatic rings. The van der Waals surface area contributed by atoms with E-state index in [1.54, 1.807) is 0 Å². The summed E-state index contributed by atoms with van der Waals surface area (Å²) in [7, 11) is -3.21. The van der Waals surface area contributed by atoms with Gasteiger partial charge in [0.25, 0.3) is 5.91 Å². The van der Waals surface area contributed by atoms with Gasteiger partial charge in [0.05, 0.1) is 19.5 Å². The zero-order valence-corrected chi connectivity index (χ0v) is 14.5. The van der Waals surface area contributed by atoms with Crippen LogP contribution in [0.5, 0.6) is 0 Å². The lowest BCUT2D eigenvalue weighted by molar-refractivity contribution is -0.143. The number of carbonyl (C=O) groups is 1. The molecule has 0 aliphatic carbocycles. The third-order valence-electron chi connectivity index (χ3n) is 5.21. The van der Waals surface area contributed by atoms with E-state index in [1.807, 2.05) is 4.90 Å². The first-order valence-electron chi connectivity index (χ1n) is 8.33. The van der Waals surface area contributed by atoms with Gasteiger partial charge in [-0.05, 0) is 25.7 Å². The number of piperidine rings is 1. The van der Waals surface area contributed by atoms with E-state index in [9.17, 15) is 13.2 Å². The molecule has 132 valence electrons. The third kappa shape index (κ3) is 3.87. The van der Waals surface area contributed by atoms with Crippen LogP contribution in [0.2, 0.25) is 0 Å². The fraction of sp³-hybridized carbons (Fsp3) is 0.933. The van der Waals surface area contributed by atoms with Crippen LogP contribution in [0.25, 0.3) is 0 Å². The standard InChI is InChI=1S/C15H26N2O5S/c1-23(19,20)17-8-10-21-12-15(11-17)4-6-16(7-5-15)14(18)13-3-2-9-22-13/h13H,2-12H2,1H3. The molecule has 0 radical (unpaired) electrons. The molecule has 1 unspecified atom stereocenters. The Hall–Kier alpha value is -0.700. The number of sulfonamides is 1. The van der Waals surface area contributed by atoms with Gasteiger partial charge in [-0.1, -0.05) is 0 Å². The molecule has 0 aromatic rings. The van der Waals surface area contributed by atoms with Gasteiger partial charge in [0.2, 0.25) is 10.0 Å². The lowest BCUT2D eigenvalue weighted by atomic mass is 9.79. The molecule has 3 rings (SSSR count). The zero-order chi connectivity index (χ0) is 16.5. The van der Waals surface area contributed by atoms with Gasteiger partial charge in [-0.25, -0.2) is 8.42 Å². The summed E-state index contributed by atoms with van der Waals surface area (Å²) in [6.45, 7) is 3.89. The van der Waals surface area contributed by atoms with Gasteiger partial charge in [0.1, 0.15) is 6.10 Å². The largest absolute Gasteiger partial charge is 0.379 e. The summed E-state index contributed by atoms with van der Waals surface area (Å²) in [5, 5.41) is 0. The van der Waals surface area contributed by atoms with Crippen LogP contribution in [-0.2, 0) is 24.3 Å². The molecule has 0 aromatic carbocycles. The quantitative estimate of drug-likeness (QED) is 0.707. The fourth-order valence-corrected chi connectivity index (χ4v) is 4.63. The molecule has 8 heteroatoms. The Morgan fingerprint density at radius 1 is 1.17 bits per heavy atom. The zero-order valence-electron chi connectivity index (χ0n) is 13.7. The van der Waals surface area contributed by atoms with E-state index in [0.29, 0.717) is 46.0 Å². The predicted octanol–water partition coefficient (Wildman–Crippen LogP) is 0.0660. The summed E-state index contributed by atoms with van der Waals surface area (Å²) in [5.74, 6) is 0.0897. The lowest BCUT2D eigenvalue weighted by Gasteiger charge is -2.42. The van der Waals surface area contributed by atoms with Crippen molar-refractivity contribution in [2.75, 3.05) is 52.3 Å². The second-order valence-corrected chi connectivity index (χ2v) is 8.96. The Morgan fingerprint density at radius 3 is 2.52 bits per heavy atom. The van der Waals surface area contributed by atoms with Crippen LogP contribution in [0.3, 0.4) is 0 Å². The van der Waals surface area contributed by atoms with Crippen molar-refractivity contribution in [2.24, 2.45) is 5.41 Å². The third-order valence-corrected chi connectivity index (χ3v) is 6.46. The maximum Gasteiger partial charge on any atom is 0.251 e. The summed E-state index contributed by atoms with van der Waals surface area (Å²) in [6.07, 6.45) is 4.29. The number of carbonyl (C=O) groups excluding carboxylic acids is 1. The van der Waals surface area contributed by atoms with Gasteiger partial charge in [0.15, 0.2) is 0 Å². The minimum atomic E-state index is -3.21. The summed E-state index contributed by atoms with van der Waals surface area (Å²) < 4.78 is 36.5. The van der Waals surface area contributed by atoms with Gasteiger partial charge >= 0.3 is 0 Å². The summed E-state index contributed by atoms with van der Waals surface area (Å²) in [5.41, 5.74) is -0.174. The highest BCUT2D eigenvalue weighted by Gasteiger charge is 2.42. The highest BCUT2D eigenvalue weighted by atomic mass is 32.2. The summed E-state index contributed by atoms with van der Waals surface area (Å²) in [4.78, 5) is 14.3. The topological polar surface area (TPSA) is 76.2 Å². The van der Waals surface area contributed by atoms with Crippen LogP contribution in [0, 0.1) is 5.41 Å². The van der Waals surface area contributed by atoms with Crippen LogP contribution in [0.4, 0.5) is 0 Å². The molecule has 1 spiro atoms.